The summed E-state index contributed by atoms with van der Waals surface area (Å²) in [5.74, 6) is -0.00506. The van der Waals surface area contributed by atoms with Crippen LogP contribution >= 0.6 is 11.6 Å². The normalized spacial score (nSPS) is 26.5. The monoisotopic (exact) mass is 386 g/mol. The van der Waals surface area contributed by atoms with Crippen LogP contribution in [0, 0.1) is 0 Å². The Balaban J connectivity index is 1.83. The van der Waals surface area contributed by atoms with Gasteiger partial charge in [-0.3, -0.25) is 9.10 Å². The molecule has 1 aromatic rings. The average Bonchev–Trinajstić information content (AvgIpc) is 2.53. The SMILES string of the molecule is C[C@H]1CN(C(=O)c2ccc(N3CCCCS3(=O)=O)cc2Cl)C[C@H](C)O1. The van der Waals surface area contributed by atoms with E-state index in [2.05, 4.69) is 0 Å². The van der Waals surface area contributed by atoms with Crippen LogP contribution in [0.4, 0.5) is 5.69 Å². The summed E-state index contributed by atoms with van der Waals surface area (Å²) in [6.07, 6.45) is 1.45. The average molecular weight is 387 g/mol. The van der Waals surface area contributed by atoms with E-state index in [4.69, 9.17) is 16.3 Å². The number of halogens is 1. The number of hydrogen-bond donors (Lipinski definition) is 0. The molecule has 1 aromatic carbocycles. The number of anilines is 1. The molecule has 8 heteroatoms. The first-order valence-electron chi connectivity index (χ1n) is 8.52. The zero-order valence-corrected chi connectivity index (χ0v) is 16.0. The highest BCUT2D eigenvalue weighted by molar-refractivity contribution is 7.92. The Labute approximate surface area is 153 Å². The van der Waals surface area contributed by atoms with Crippen molar-refractivity contribution in [1.82, 2.24) is 4.90 Å². The summed E-state index contributed by atoms with van der Waals surface area (Å²) in [5, 5.41) is 0.273. The second-order valence-electron chi connectivity index (χ2n) is 6.73. The van der Waals surface area contributed by atoms with E-state index in [0.717, 1.165) is 6.42 Å². The molecule has 0 unspecified atom stereocenters. The van der Waals surface area contributed by atoms with Crippen LogP contribution in [-0.2, 0) is 14.8 Å². The molecule has 0 radical (unpaired) electrons. The Bertz CT molecular complexity index is 758. The predicted molar refractivity (Wildman–Crippen MR) is 97.7 cm³/mol. The fourth-order valence-electron chi connectivity index (χ4n) is 3.43. The van der Waals surface area contributed by atoms with Crippen LogP contribution in [0.1, 0.15) is 37.0 Å². The van der Waals surface area contributed by atoms with Gasteiger partial charge < -0.3 is 9.64 Å². The van der Waals surface area contributed by atoms with Gasteiger partial charge in [0.05, 0.1) is 34.2 Å². The van der Waals surface area contributed by atoms with Crippen molar-refractivity contribution in [2.24, 2.45) is 0 Å². The third kappa shape index (κ3) is 3.93. The first-order valence-corrected chi connectivity index (χ1v) is 10.5. The van der Waals surface area contributed by atoms with Gasteiger partial charge in [0.1, 0.15) is 0 Å². The smallest absolute Gasteiger partial charge is 0.255 e. The van der Waals surface area contributed by atoms with Crippen molar-refractivity contribution >= 4 is 33.2 Å². The number of rotatable bonds is 2. The molecule has 2 heterocycles. The summed E-state index contributed by atoms with van der Waals surface area (Å²) in [7, 11) is -3.30. The van der Waals surface area contributed by atoms with E-state index in [1.807, 2.05) is 13.8 Å². The molecule has 0 saturated carbocycles. The Hall–Kier alpha value is -1.31. The first-order chi connectivity index (χ1) is 11.8. The molecule has 3 rings (SSSR count). The summed E-state index contributed by atoms with van der Waals surface area (Å²) in [4.78, 5) is 14.5. The van der Waals surface area contributed by atoms with E-state index in [1.54, 1.807) is 23.1 Å². The summed E-state index contributed by atoms with van der Waals surface area (Å²) >= 11 is 6.33. The van der Waals surface area contributed by atoms with E-state index in [-0.39, 0.29) is 28.9 Å². The molecule has 0 spiro atoms. The topological polar surface area (TPSA) is 66.9 Å². The van der Waals surface area contributed by atoms with Gasteiger partial charge in [-0.05, 0) is 44.9 Å². The van der Waals surface area contributed by atoms with Gasteiger partial charge in [0, 0.05) is 19.6 Å². The van der Waals surface area contributed by atoms with E-state index in [0.29, 0.717) is 37.3 Å². The largest absolute Gasteiger partial charge is 0.372 e. The van der Waals surface area contributed by atoms with Gasteiger partial charge >= 0.3 is 0 Å². The lowest BCUT2D eigenvalue weighted by molar-refractivity contribution is -0.0586. The number of amides is 1. The maximum absolute atomic E-state index is 12.8. The molecule has 2 aliphatic heterocycles. The highest BCUT2D eigenvalue weighted by Gasteiger charge is 2.29. The van der Waals surface area contributed by atoms with Gasteiger partial charge in [0.15, 0.2) is 0 Å². The van der Waals surface area contributed by atoms with Crippen LogP contribution in [0.5, 0.6) is 0 Å². The van der Waals surface area contributed by atoms with Crippen molar-refractivity contribution < 1.29 is 17.9 Å². The van der Waals surface area contributed by atoms with Gasteiger partial charge in [-0.25, -0.2) is 8.42 Å². The van der Waals surface area contributed by atoms with Gasteiger partial charge in [0.2, 0.25) is 10.0 Å². The summed E-state index contributed by atoms with van der Waals surface area (Å²) < 4.78 is 31.5. The van der Waals surface area contributed by atoms with Gasteiger partial charge in [0.25, 0.3) is 5.91 Å². The Kier molecular flexibility index (Phi) is 5.27. The third-order valence-corrected chi connectivity index (χ3v) is 6.71. The van der Waals surface area contributed by atoms with Gasteiger partial charge in [-0.15, -0.1) is 0 Å². The number of morpholine rings is 1. The van der Waals surface area contributed by atoms with Crippen LogP contribution in [0.3, 0.4) is 0 Å². The second kappa shape index (κ2) is 7.13. The van der Waals surface area contributed by atoms with Gasteiger partial charge in [-0.2, -0.15) is 0 Å². The molecule has 2 saturated heterocycles. The molecule has 2 aliphatic rings. The third-order valence-electron chi connectivity index (χ3n) is 4.53. The summed E-state index contributed by atoms with van der Waals surface area (Å²) in [5.41, 5.74) is 0.908. The van der Waals surface area contributed by atoms with Crippen molar-refractivity contribution in [3.05, 3.63) is 28.8 Å². The van der Waals surface area contributed by atoms with Crippen LogP contribution in [0.15, 0.2) is 18.2 Å². The minimum absolute atomic E-state index is 0.0239. The van der Waals surface area contributed by atoms with Crippen molar-refractivity contribution in [3.63, 3.8) is 0 Å². The molecule has 2 fully saturated rings. The standard InChI is InChI=1S/C17H23ClN2O4S/c1-12-10-19(11-13(2)24-12)17(21)15-6-5-14(9-16(15)18)20-7-3-4-8-25(20,22)23/h5-6,9,12-13H,3-4,7-8,10-11H2,1-2H3/t12-,13-/m0/s1. The zero-order valence-electron chi connectivity index (χ0n) is 14.4. The zero-order chi connectivity index (χ0) is 18.2. The molecule has 2 atom stereocenters. The number of sulfonamides is 1. The van der Waals surface area contributed by atoms with Crippen molar-refractivity contribution in [3.8, 4) is 0 Å². The molecule has 138 valence electrons. The van der Waals surface area contributed by atoms with Crippen molar-refractivity contribution in [2.75, 3.05) is 29.7 Å². The first kappa shape index (κ1) is 18.5. The fourth-order valence-corrected chi connectivity index (χ4v) is 5.31. The van der Waals surface area contributed by atoms with Crippen molar-refractivity contribution in [2.45, 2.75) is 38.9 Å². The molecule has 0 bridgehead atoms. The van der Waals surface area contributed by atoms with Crippen LogP contribution in [0.2, 0.25) is 5.02 Å². The molecular formula is C17H23ClN2O4S. The van der Waals surface area contributed by atoms with Crippen LogP contribution in [0.25, 0.3) is 0 Å². The summed E-state index contributed by atoms with van der Waals surface area (Å²) in [6, 6.07) is 4.86. The number of benzene rings is 1. The van der Waals surface area contributed by atoms with E-state index in [9.17, 15) is 13.2 Å². The number of carbonyl (C=O) groups excluding carboxylic acids is 1. The Morgan fingerprint density at radius 3 is 2.48 bits per heavy atom. The number of ether oxygens (including phenoxy) is 1. The van der Waals surface area contributed by atoms with Gasteiger partial charge in [-0.1, -0.05) is 11.6 Å². The minimum Gasteiger partial charge on any atom is -0.372 e. The van der Waals surface area contributed by atoms with E-state index < -0.39 is 10.0 Å². The second-order valence-corrected chi connectivity index (χ2v) is 9.15. The minimum atomic E-state index is -3.30. The molecule has 0 aliphatic carbocycles. The fraction of sp³-hybridized carbons (Fsp3) is 0.588. The lowest BCUT2D eigenvalue weighted by Crippen LogP contribution is -2.48. The molecule has 1 amide bonds. The molecule has 0 aromatic heterocycles. The lowest BCUT2D eigenvalue weighted by atomic mass is 10.1. The molecule has 0 N–H and O–H groups in total. The maximum Gasteiger partial charge on any atom is 0.255 e. The quantitative estimate of drug-likeness (QED) is 0.783. The molecule has 6 nitrogen and oxygen atoms in total. The Morgan fingerprint density at radius 2 is 1.88 bits per heavy atom. The predicted octanol–water partition coefficient (Wildman–Crippen LogP) is 2.52. The number of nitrogens with zero attached hydrogens (tertiary/aromatic N) is 2. The van der Waals surface area contributed by atoms with E-state index in [1.165, 1.54) is 4.31 Å². The summed E-state index contributed by atoms with van der Waals surface area (Å²) in [6.45, 7) is 5.34. The lowest BCUT2D eigenvalue weighted by Gasteiger charge is -2.35. The highest BCUT2D eigenvalue weighted by Crippen LogP contribution is 2.29. The van der Waals surface area contributed by atoms with Crippen LogP contribution < -0.4 is 4.31 Å². The molecular weight excluding hydrogens is 364 g/mol. The maximum atomic E-state index is 12.8. The molecule has 25 heavy (non-hydrogen) atoms. The number of hydrogen-bond acceptors (Lipinski definition) is 4. The number of carbonyl (C=O) groups is 1. The Morgan fingerprint density at radius 1 is 1.20 bits per heavy atom. The van der Waals surface area contributed by atoms with Crippen molar-refractivity contribution in [1.29, 1.82) is 0 Å². The van der Waals surface area contributed by atoms with Crippen LogP contribution in [-0.4, -0.2) is 56.8 Å². The van der Waals surface area contributed by atoms with E-state index >= 15 is 0 Å². The highest BCUT2D eigenvalue weighted by atomic mass is 35.5.